The molecular weight excluding hydrogens is 376 g/mol. The van der Waals surface area contributed by atoms with Crippen molar-refractivity contribution in [2.45, 2.75) is 64.6 Å². The number of ether oxygens (including phenoxy) is 1. The third-order valence-electron chi connectivity index (χ3n) is 6.98. The number of amides is 1. The number of benzene rings is 1. The van der Waals surface area contributed by atoms with Crippen LogP contribution in [-0.2, 0) is 17.9 Å². The average molecular weight is 409 g/mol. The van der Waals surface area contributed by atoms with Gasteiger partial charge in [0.1, 0.15) is 18.9 Å². The molecule has 0 unspecified atom stereocenters. The van der Waals surface area contributed by atoms with E-state index in [1.807, 2.05) is 21.8 Å². The second-order valence-corrected chi connectivity index (χ2v) is 9.03. The number of carbonyl (C=O) groups excluding carboxylic acids is 1. The van der Waals surface area contributed by atoms with Gasteiger partial charge in [0.05, 0.1) is 11.9 Å². The van der Waals surface area contributed by atoms with E-state index in [4.69, 9.17) is 4.74 Å². The molecule has 1 aromatic heterocycles. The van der Waals surface area contributed by atoms with Crippen molar-refractivity contribution in [1.29, 1.82) is 0 Å². The highest BCUT2D eigenvalue weighted by Crippen LogP contribution is 2.38. The molecule has 30 heavy (non-hydrogen) atoms. The van der Waals surface area contributed by atoms with Gasteiger partial charge in [0, 0.05) is 43.3 Å². The van der Waals surface area contributed by atoms with Gasteiger partial charge >= 0.3 is 0 Å². The van der Waals surface area contributed by atoms with E-state index in [2.05, 4.69) is 29.1 Å². The van der Waals surface area contributed by atoms with Gasteiger partial charge in [-0.05, 0) is 31.9 Å². The number of rotatable bonds is 3. The zero-order chi connectivity index (χ0) is 20.5. The highest BCUT2D eigenvalue weighted by molar-refractivity contribution is 5.78. The normalized spacial score (nSPS) is 20.2. The molecule has 1 aromatic carbocycles. The molecular formula is C24H32N4O2. The Hall–Kier alpha value is -2.34. The summed E-state index contributed by atoms with van der Waals surface area (Å²) in [4.78, 5) is 17.7. The van der Waals surface area contributed by atoms with Crippen LogP contribution in [-0.4, -0.2) is 57.7 Å². The first kappa shape index (κ1) is 19.6. The van der Waals surface area contributed by atoms with Crippen LogP contribution in [0.3, 0.4) is 0 Å². The fourth-order valence-corrected chi connectivity index (χ4v) is 5.26. The molecule has 0 spiro atoms. The topological polar surface area (TPSA) is 50.6 Å². The summed E-state index contributed by atoms with van der Waals surface area (Å²) in [5.74, 6) is 1.04. The lowest BCUT2D eigenvalue weighted by Gasteiger charge is -2.39. The second kappa shape index (κ2) is 8.42. The molecule has 3 heterocycles. The highest BCUT2D eigenvalue weighted by Gasteiger charge is 2.28. The van der Waals surface area contributed by atoms with Crippen LogP contribution in [0.2, 0.25) is 0 Å². The molecule has 0 radical (unpaired) electrons. The molecule has 5 rings (SSSR count). The monoisotopic (exact) mass is 408 g/mol. The lowest BCUT2D eigenvalue weighted by Crippen LogP contribution is -2.52. The molecule has 1 aliphatic carbocycles. The predicted octanol–water partition coefficient (Wildman–Crippen LogP) is 3.62. The molecule has 160 valence electrons. The van der Waals surface area contributed by atoms with E-state index in [1.165, 1.54) is 44.1 Å². The summed E-state index contributed by atoms with van der Waals surface area (Å²) >= 11 is 0. The first-order chi connectivity index (χ1) is 14.7. The van der Waals surface area contributed by atoms with Crippen LogP contribution in [0.25, 0.3) is 11.3 Å². The minimum absolute atomic E-state index is 0.169. The van der Waals surface area contributed by atoms with Gasteiger partial charge in [-0.15, -0.1) is 0 Å². The van der Waals surface area contributed by atoms with Gasteiger partial charge in [-0.25, -0.2) is 0 Å². The van der Waals surface area contributed by atoms with Crippen molar-refractivity contribution in [2.75, 3.05) is 26.2 Å². The number of carbonyl (C=O) groups is 1. The third kappa shape index (κ3) is 3.85. The molecule has 2 fully saturated rings. The third-order valence-corrected chi connectivity index (χ3v) is 6.98. The summed E-state index contributed by atoms with van der Waals surface area (Å²) < 4.78 is 7.73. The first-order valence-corrected chi connectivity index (χ1v) is 11.5. The maximum Gasteiger partial charge on any atom is 0.244 e. The smallest absolute Gasteiger partial charge is 0.244 e. The van der Waals surface area contributed by atoms with Crippen LogP contribution < -0.4 is 4.74 Å². The van der Waals surface area contributed by atoms with Gasteiger partial charge in [-0.2, -0.15) is 5.10 Å². The SMILES string of the molecule is Cc1ccc2c(c1)-c1c(cnn1CC(=O)N1CCN(C3CCCCCC3)CC1)CO2. The van der Waals surface area contributed by atoms with Crippen molar-refractivity contribution in [3.63, 3.8) is 0 Å². The molecule has 1 amide bonds. The number of aryl methyl sites for hydroxylation is 1. The number of fused-ring (bicyclic) bond motifs is 3. The molecule has 6 heteroatoms. The Morgan fingerprint density at radius 3 is 2.63 bits per heavy atom. The number of hydrogen-bond donors (Lipinski definition) is 0. The molecule has 6 nitrogen and oxygen atoms in total. The van der Waals surface area contributed by atoms with E-state index in [1.54, 1.807) is 0 Å². The standard InChI is InChI=1S/C24H32N4O2/c1-18-8-9-22-21(14-18)24-19(17-30-22)15-25-28(24)16-23(29)27-12-10-26(11-13-27)20-6-4-2-3-5-7-20/h8-9,14-15,20H,2-7,10-13,16-17H2,1H3. The molecule has 0 N–H and O–H groups in total. The van der Waals surface area contributed by atoms with E-state index >= 15 is 0 Å². The number of piperazine rings is 1. The Kier molecular flexibility index (Phi) is 5.50. The van der Waals surface area contributed by atoms with Crippen LogP contribution in [0.4, 0.5) is 0 Å². The van der Waals surface area contributed by atoms with E-state index < -0.39 is 0 Å². The molecule has 0 bridgehead atoms. The Bertz CT molecular complexity index is 906. The first-order valence-electron chi connectivity index (χ1n) is 11.5. The van der Waals surface area contributed by atoms with Crippen LogP contribution in [0.15, 0.2) is 24.4 Å². The maximum atomic E-state index is 13.1. The number of hydrogen-bond acceptors (Lipinski definition) is 4. The van der Waals surface area contributed by atoms with Gasteiger partial charge in [0.25, 0.3) is 0 Å². The number of nitrogens with zero attached hydrogens (tertiary/aromatic N) is 4. The van der Waals surface area contributed by atoms with Gasteiger partial charge in [0.15, 0.2) is 0 Å². The quantitative estimate of drug-likeness (QED) is 0.728. The van der Waals surface area contributed by atoms with E-state index in [0.29, 0.717) is 13.2 Å². The molecule has 3 aliphatic rings. The summed E-state index contributed by atoms with van der Waals surface area (Å²) in [6.45, 7) is 6.56. The van der Waals surface area contributed by atoms with E-state index in [9.17, 15) is 4.79 Å². The van der Waals surface area contributed by atoms with E-state index in [0.717, 1.165) is 54.8 Å². The lowest BCUT2D eigenvalue weighted by molar-refractivity contribution is -0.134. The maximum absolute atomic E-state index is 13.1. The fourth-order valence-electron chi connectivity index (χ4n) is 5.26. The molecule has 1 saturated heterocycles. The summed E-state index contributed by atoms with van der Waals surface area (Å²) in [6, 6.07) is 6.92. The second-order valence-electron chi connectivity index (χ2n) is 9.03. The van der Waals surface area contributed by atoms with Crippen molar-refractivity contribution in [3.05, 3.63) is 35.5 Å². The Morgan fingerprint density at radius 2 is 1.87 bits per heavy atom. The largest absolute Gasteiger partial charge is 0.488 e. The van der Waals surface area contributed by atoms with Crippen LogP contribution in [0.1, 0.15) is 49.7 Å². The number of aromatic nitrogens is 2. The highest BCUT2D eigenvalue weighted by atomic mass is 16.5. The van der Waals surface area contributed by atoms with Crippen LogP contribution >= 0.6 is 0 Å². The van der Waals surface area contributed by atoms with Crippen molar-refractivity contribution in [1.82, 2.24) is 19.6 Å². The van der Waals surface area contributed by atoms with Crippen LogP contribution in [0, 0.1) is 6.92 Å². The van der Waals surface area contributed by atoms with Crippen molar-refractivity contribution >= 4 is 5.91 Å². The van der Waals surface area contributed by atoms with Crippen molar-refractivity contribution in [3.8, 4) is 17.0 Å². The molecule has 1 saturated carbocycles. The minimum Gasteiger partial charge on any atom is -0.488 e. The van der Waals surface area contributed by atoms with Crippen molar-refractivity contribution in [2.24, 2.45) is 0 Å². The zero-order valence-electron chi connectivity index (χ0n) is 18.0. The average Bonchev–Trinajstić information content (AvgIpc) is 2.98. The Morgan fingerprint density at radius 1 is 1.10 bits per heavy atom. The van der Waals surface area contributed by atoms with Gasteiger partial charge in [-0.1, -0.05) is 37.3 Å². The Labute approximate surface area is 178 Å². The zero-order valence-corrected chi connectivity index (χ0v) is 18.0. The summed E-state index contributed by atoms with van der Waals surface area (Å²) in [6.07, 6.45) is 9.99. The van der Waals surface area contributed by atoms with Gasteiger partial charge < -0.3 is 9.64 Å². The summed E-state index contributed by atoms with van der Waals surface area (Å²) in [5.41, 5.74) is 4.31. The minimum atomic E-state index is 0.169. The Balaban J connectivity index is 1.25. The molecule has 0 atom stereocenters. The molecule has 2 aliphatic heterocycles. The fraction of sp³-hybridized carbons (Fsp3) is 0.583. The van der Waals surface area contributed by atoms with Crippen molar-refractivity contribution < 1.29 is 9.53 Å². The predicted molar refractivity (Wildman–Crippen MR) is 116 cm³/mol. The van der Waals surface area contributed by atoms with Crippen LogP contribution in [0.5, 0.6) is 5.75 Å². The lowest BCUT2D eigenvalue weighted by atomic mass is 10.0. The molecule has 2 aromatic rings. The van der Waals surface area contributed by atoms with Gasteiger partial charge in [-0.3, -0.25) is 14.4 Å². The summed E-state index contributed by atoms with van der Waals surface area (Å²) in [5, 5.41) is 4.54. The summed E-state index contributed by atoms with van der Waals surface area (Å²) in [7, 11) is 0. The van der Waals surface area contributed by atoms with E-state index in [-0.39, 0.29) is 5.91 Å². The van der Waals surface area contributed by atoms with Gasteiger partial charge in [0.2, 0.25) is 5.91 Å².